The molecule has 1 aromatic heterocycles. The Morgan fingerprint density at radius 3 is 2.20 bits per heavy atom. The van der Waals surface area contributed by atoms with Gasteiger partial charge in [-0.25, -0.2) is 13.4 Å². The van der Waals surface area contributed by atoms with Gasteiger partial charge in [0.25, 0.3) is 5.91 Å². The predicted molar refractivity (Wildman–Crippen MR) is 81.4 cm³/mol. The fourth-order valence-corrected chi connectivity index (χ4v) is 2.91. The lowest BCUT2D eigenvalue weighted by atomic mass is 10.1. The van der Waals surface area contributed by atoms with E-state index in [1.54, 1.807) is 6.07 Å². The van der Waals surface area contributed by atoms with Crippen molar-refractivity contribution in [3.05, 3.63) is 48.7 Å². The van der Waals surface area contributed by atoms with Crippen molar-refractivity contribution in [2.75, 3.05) is 5.32 Å². The van der Waals surface area contributed by atoms with Gasteiger partial charge < -0.3 is 10.4 Å². The molecule has 0 radical (unpaired) electrons. The zero-order valence-electron chi connectivity index (χ0n) is 12.8. The predicted octanol–water partition coefficient (Wildman–Crippen LogP) is 2.17. The molecular formula is C15H13F3N2O4S. The maximum atomic E-state index is 12.6. The van der Waals surface area contributed by atoms with Crippen LogP contribution in [0.4, 0.5) is 18.9 Å². The fourth-order valence-electron chi connectivity index (χ4n) is 1.72. The van der Waals surface area contributed by atoms with Gasteiger partial charge in [-0.3, -0.25) is 4.79 Å². The number of sulfone groups is 1. The topological polar surface area (TPSA) is 96.4 Å². The van der Waals surface area contributed by atoms with Crippen LogP contribution in [0, 0.1) is 0 Å². The minimum Gasteiger partial charge on any atom is -0.373 e. The SMILES string of the molecule is CC(O)(C(=O)Nc1ccc(S(=O)(=O)c2ccccc2)nc1)C(F)(F)F. The van der Waals surface area contributed by atoms with Crippen molar-refractivity contribution in [2.24, 2.45) is 0 Å². The molecule has 1 unspecified atom stereocenters. The van der Waals surface area contributed by atoms with Crippen LogP contribution in [0.15, 0.2) is 58.6 Å². The smallest absolute Gasteiger partial charge is 0.373 e. The molecule has 0 aliphatic rings. The molecule has 2 N–H and O–H groups in total. The largest absolute Gasteiger partial charge is 0.426 e. The number of anilines is 1. The number of aromatic nitrogens is 1. The van der Waals surface area contributed by atoms with E-state index < -0.39 is 27.5 Å². The first-order valence-electron chi connectivity index (χ1n) is 6.83. The maximum absolute atomic E-state index is 12.6. The van der Waals surface area contributed by atoms with E-state index in [2.05, 4.69) is 4.98 Å². The lowest BCUT2D eigenvalue weighted by molar-refractivity contribution is -0.242. The number of hydrogen-bond donors (Lipinski definition) is 2. The van der Waals surface area contributed by atoms with Crippen LogP contribution in [0.5, 0.6) is 0 Å². The normalized spacial score (nSPS) is 14.6. The molecule has 0 bridgehead atoms. The van der Waals surface area contributed by atoms with Crippen molar-refractivity contribution >= 4 is 21.4 Å². The Balaban J connectivity index is 2.23. The second-order valence-electron chi connectivity index (χ2n) is 5.23. The van der Waals surface area contributed by atoms with Crippen LogP contribution in [0.1, 0.15) is 6.92 Å². The van der Waals surface area contributed by atoms with Gasteiger partial charge in [0, 0.05) is 0 Å². The number of halogens is 3. The van der Waals surface area contributed by atoms with Crippen molar-refractivity contribution in [3.63, 3.8) is 0 Å². The third-order valence-corrected chi connectivity index (χ3v) is 5.00. The molecule has 0 fully saturated rings. The van der Waals surface area contributed by atoms with E-state index in [1.165, 1.54) is 24.3 Å². The van der Waals surface area contributed by atoms with E-state index in [0.29, 0.717) is 6.92 Å². The van der Waals surface area contributed by atoms with Crippen LogP contribution in [0.2, 0.25) is 0 Å². The second kappa shape index (κ2) is 6.45. The van der Waals surface area contributed by atoms with Crippen molar-refractivity contribution in [1.82, 2.24) is 4.98 Å². The van der Waals surface area contributed by atoms with Gasteiger partial charge >= 0.3 is 6.18 Å². The van der Waals surface area contributed by atoms with Gasteiger partial charge in [0.15, 0.2) is 5.03 Å². The lowest BCUT2D eigenvalue weighted by Gasteiger charge is -2.24. The van der Waals surface area contributed by atoms with Crippen molar-refractivity contribution in [3.8, 4) is 0 Å². The van der Waals surface area contributed by atoms with Gasteiger partial charge in [0.1, 0.15) is 0 Å². The average Bonchev–Trinajstić information content (AvgIpc) is 2.55. The standard InChI is InChI=1S/C15H13F3N2O4S/c1-14(22,15(16,17)18)13(21)20-10-7-8-12(19-9-10)25(23,24)11-5-3-2-4-6-11/h2-9,22H,1H3,(H,20,21). The lowest BCUT2D eigenvalue weighted by Crippen LogP contribution is -2.52. The molecule has 1 atom stereocenters. The Hall–Kier alpha value is -2.46. The number of nitrogens with zero attached hydrogens (tertiary/aromatic N) is 1. The molecule has 2 rings (SSSR count). The van der Waals surface area contributed by atoms with Gasteiger partial charge in [-0.15, -0.1) is 0 Å². The minimum atomic E-state index is -5.17. The second-order valence-corrected chi connectivity index (χ2v) is 7.12. The highest BCUT2D eigenvalue weighted by Crippen LogP contribution is 2.31. The molecule has 0 saturated heterocycles. The Labute approximate surface area is 141 Å². The van der Waals surface area contributed by atoms with Gasteiger partial charge in [-0.2, -0.15) is 13.2 Å². The van der Waals surface area contributed by atoms with E-state index >= 15 is 0 Å². The van der Waals surface area contributed by atoms with Crippen LogP contribution in [0.3, 0.4) is 0 Å². The summed E-state index contributed by atoms with van der Waals surface area (Å²) in [7, 11) is -3.89. The first-order chi connectivity index (χ1) is 11.5. The molecule has 0 aliphatic heterocycles. The average molecular weight is 374 g/mol. The Bertz CT molecular complexity index is 864. The third kappa shape index (κ3) is 3.80. The summed E-state index contributed by atoms with van der Waals surface area (Å²) < 4.78 is 62.4. The summed E-state index contributed by atoms with van der Waals surface area (Å²) in [6.45, 7) is 0.310. The highest BCUT2D eigenvalue weighted by atomic mass is 32.2. The zero-order valence-corrected chi connectivity index (χ0v) is 13.6. The molecular weight excluding hydrogens is 361 g/mol. The van der Waals surface area contributed by atoms with E-state index in [9.17, 15) is 31.5 Å². The summed E-state index contributed by atoms with van der Waals surface area (Å²) in [6.07, 6.45) is -4.28. The summed E-state index contributed by atoms with van der Waals surface area (Å²) >= 11 is 0. The highest BCUT2D eigenvalue weighted by Gasteiger charge is 2.55. The zero-order chi connectivity index (χ0) is 18.9. The maximum Gasteiger partial charge on any atom is 0.426 e. The number of benzene rings is 1. The van der Waals surface area contributed by atoms with Crippen LogP contribution in [0.25, 0.3) is 0 Å². The minimum absolute atomic E-state index is 0.000657. The number of aliphatic hydroxyl groups is 1. The molecule has 25 heavy (non-hydrogen) atoms. The molecule has 134 valence electrons. The molecule has 1 amide bonds. The third-order valence-electron chi connectivity index (χ3n) is 3.32. The number of carbonyl (C=O) groups is 1. The van der Waals surface area contributed by atoms with Gasteiger partial charge in [-0.05, 0) is 31.2 Å². The Morgan fingerprint density at radius 1 is 1.12 bits per heavy atom. The molecule has 0 aliphatic carbocycles. The van der Waals surface area contributed by atoms with Crippen molar-refractivity contribution in [2.45, 2.75) is 28.6 Å². The van der Waals surface area contributed by atoms with Crippen molar-refractivity contribution < 1.29 is 31.5 Å². The van der Waals surface area contributed by atoms with Crippen LogP contribution in [-0.4, -0.2) is 36.2 Å². The summed E-state index contributed by atoms with van der Waals surface area (Å²) in [4.78, 5) is 15.2. The number of alkyl halides is 3. The van der Waals surface area contributed by atoms with Gasteiger partial charge in [0.2, 0.25) is 15.4 Å². The summed E-state index contributed by atoms with van der Waals surface area (Å²) in [5.74, 6) is -1.71. The van der Waals surface area contributed by atoms with Crippen LogP contribution >= 0.6 is 0 Å². The van der Waals surface area contributed by atoms with Gasteiger partial charge in [0.05, 0.1) is 16.8 Å². The molecule has 2 aromatic rings. The van der Waals surface area contributed by atoms with E-state index in [1.807, 2.05) is 5.32 Å². The first-order valence-corrected chi connectivity index (χ1v) is 8.31. The highest BCUT2D eigenvalue weighted by molar-refractivity contribution is 7.91. The molecule has 6 nitrogen and oxygen atoms in total. The number of hydrogen-bond acceptors (Lipinski definition) is 5. The molecule has 1 aromatic carbocycles. The van der Waals surface area contributed by atoms with Crippen molar-refractivity contribution in [1.29, 1.82) is 0 Å². The van der Waals surface area contributed by atoms with Crippen LogP contribution < -0.4 is 5.32 Å². The molecule has 1 heterocycles. The summed E-state index contributed by atoms with van der Waals surface area (Å²) in [5, 5.41) is 10.8. The monoisotopic (exact) mass is 374 g/mol. The molecule has 0 spiro atoms. The first kappa shape index (κ1) is 18.9. The Kier molecular flexibility index (Phi) is 4.87. The molecule has 0 saturated carbocycles. The van der Waals surface area contributed by atoms with E-state index in [4.69, 9.17) is 0 Å². The molecule has 10 heteroatoms. The number of nitrogens with one attached hydrogen (secondary N) is 1. The van der Waals surface area contributed by atoms with E-state index in [-0.39, 0.29) is 15.6 Å². The van der Waals surface area contributed by atoms with Crippen LogP contribution in [-0.2, 0) is 14.6 Å². The number of carbonyl (C=O) groups excluding carboxylic acids is 1. The van der Waals surface area contributed by atoms with E-state index in [0.717, 1.165) is 18.3 Å². The van der Waals surface area contributed by atoms with Gasteiger partial charge in [-0.1, -0.05) is 18.2 Å². The summed E-state index contributed by atoms with van der Waals surface area (Å²) in [6, 6.07) is 9.55. The number of pyridine rings is 1. The number of amides is 1. The quantitative estimate of drug-likeness (QED) is 0.855. The summed E-state index contributed by atoms with van der Waals surface area (Å²) in [5.41, 5.74) is -3.79. The Morgan fingerprint density at radius 2 is 1.72 bits per heavy atom. The fraction of sp³-hybridized carbons (Fsp3) is 0.200. The number of rotatable bonds is 4.